The van der Waals surface area contributed by atoms with E-state index in [-0.39, 0.29) is 5.56 Å². The van der Waals surface area contributed by atoms with Crippen LogP contribution in [-0.4, -0.2) is 31.2 Å². The molecule has 0 spiro atoms. The van der Waals surface area contributed by atoms with Gasteiger partial charge in [-0.1, -0.05) is 11.6 Å². The first kappa shape index (κ1) is 16.9. The van der Waals surface area contributed by atoms with Crippen molar-refractivity contribution >= 4 is 11.6 Å². The van der Waals surface area contributed by atoms with Crippen molar-refractivity contribution in [1.29, 1.82) is 0 Å². The van der Waals surface area contributed by atoms with Crippen LogP contribution in [0.25, 0.3) is 5.69 Å². The molecule has 2 atom stereocenters. The van der Waals surface area contributed by atoms with E-state index in [9.17, 15) is 9.90 Å². The van der Waals surface area contributed by atoms with Crippen LogP contribution in [-0.2, 0) is 0 Å². The van der Waals surface area contributed by atoms with Crippen molar-refractivity contribution in [3.05, 3.63) is 75.9 Å². The molecule has 0 aliphatic carbocycles. The molecule has 2 unspecified atom stereocenters. The van der Waals surface area contributed by atoms with Gasteiger partial charge < -0.3 is 9.84 Å². The zero-order valence-corrected chi connectivity index (χ0v) is 15.1. The van der Waals surface area contributed by atoms with Crippen molar-refractivity contribution in [1.82, 2.24) is 14.3 Å². The summed E-state index contributed by atoms with van der Waals surface area (Å²) < 4.78 is 9.17. The highest BCUT2D eigenvalue weighted by molar-refractivity contribution is 6.30. The molecule has 3 heterocycles. The lowest BCUT2D eigenvalue weighted by Crippen LogP contribution is -2.52. The summed E-state index contributed by atoms with van der Waals surface area (Å²) in [7, 11) is 0. The van der Waals surface area contributed by atoms with Gasteiger partial charge in [0.05, 0.1) is 5.69 Å². The molecule has 0 bridgehead atoms. The third-order valence-electron chi connectivity index (χ3n) is 4.68. The van der Waals surface area contributed by atoms with E-state index in [0.29, 0.717) is 16.3 Å². The van der Waals surface area contributed by atoms with Crippen molar-refractivity contribution in [2.75, 3.05) is 0 Å². The molecule has 7 heteroatoms. The standard InChI is InChI=1S/C19H18ClN3O3/c1-19(2)18(25)17(14-11-21-9-7-15(14)26-19)23-16(24)8-10-22(23)13-5-3-12(20)4-6-13/h3-11,17-18,25H,1-2H3. The van der Waals surface area contributed by atoms with Gasteiger partial charge in [-0.3, -0.25) is 14.5 Å². The Balaban J connectivity index is 1.94. The molecule has 0 radical (unpaired) electrons. The fraction of sp³-hybridized carbons (Fsp3) is 0.263. The summed E-state index contributed by atoms with van der Waals surface area (Å²) in [6.45, 7) is 3.60. The smallest absolute Gasteiger partial charge is 0.267 e. The molecule has 1 N–H and O–H groups in total. The number of fused-ring (bicyclic) bond motifs is 1. The SMILES string of the molecule is CC1(C)Oc2ccncc2C(n2c(=O)ccn2-c2ccc(Cl)cc2)C1O. The lowest BCUT2D eigenvalue weighted by molar-refractivity contribution is -0.0676. The summed E-state index contributed by atoms with van der Waals surface area (Å²) in [4.78, 5) is 16.8. The number of hydrogen-bond acceptors (Lipinski definition) is 4. The maximum absolute atomic E-state index is 12.7. The van der Waals surface area contributed by atoms with E-state index in [4.69, 9.17) is 16.3 Å². The van der Waals surface area contributed by atoms with E-state index < -0.39 is 17.7 Å². The minimum Gasteiger partial charge on any atom is -0.485 e. The molecule has 4 rings (SSSR count). The third kappa shape index (κ3) is 2.62. The van der Waals surface area contributed by atoms with Gasteiger partial charge in [-0.2, -0.15) is 0 Å². The van der Waals surface area contributed by atoms with Gasteiger partial charge in [0.1, 0.15) is 23.5 Å². The number of pyridine rings is 1. The van der Waals surface area contributed by atoms with Gasteiger partial charge >= 0.3 is 0 Å². The Morgan fingerprint density at radius 2 is 1.92 bits per heavy atom. The topological polar surface area (TPSA) is 69.3 Å². The molecule has 26 heavy (non-hydrogen) atoms. The third-order valence-corrected chi connectivity index (χ3v) is 4.94. The van der Waals surface area contributed by atoms with Crippen LogP contribution < -0.4 is 10.3 Å². The van der Waals surface area contributed by atoms with Crippen molar-refractivity contribution in [2.24, 2.45) is 0 Å². The van der Waals surface area contributed by atoms with Crippen molar-refractivity contribution < 1.29 is 9.84 Å². The number of nitrogens with zero attached hydrogens (tertiary/aromatic N) is 3. The van der Waals surface area contributed by atoms with Crippen molar-refractivity contribution in [2.45, 2.75) is 31.6 Å². The summed E-state index contributed by atoms with van der Waals surface area (Å²) >= 11 is 5.98. The minimum atomic E-state index is -0.946. The normalized spacial score (nSPS) is 21.1. The Labute approximate surface area is 155 Å². The Kier molecular flexibility index (Phi) is 3.89. The number of hydrogen-bond donors (Lipinski definition) is 1. The van der Waals surface area contributed by atoms with Gasteiger partial charge in [0.2, 0.25) is 0 Å². The Morgan fingerprint density at radius 3 is 2.65 bits per heavy atom. The molecule has 0 saturated carbocycles. The molecule has 134 valence electrons. The number of halogens is 1. The monoisotopic (exact) mass is 371 g/mol. The van der Waals surface area contributed by atoms with Gasteiger partial charge in [0.15, 0.2) is 0 Å². The number of aliphatic hydroxyl groups excluding tert-OH is 1. The van der Waals surface area contributed by atoms with E-state index >= 15 is 0 Å². The number of benzene rings is 1. The zero-order chi connectivity index (χ0) is 18.5. The molecule has 1 aliphatic rings. The zero-order valence-electron chi connectivity index (χ0n) is 14.3. The maximum atomic E-state index is 12.7. The second-order valence-electron chi connectivity index (χ2n) is 6.83. The van der Waals surface area contributed by atoms with E-state index in [1.165, 1.54) is 10.7 Å². The number of ether oxygens (including phenoxy) is 1. The Hall–Kier alpha value is -2.57. The Bertz CT molecular complexity index is 1010. The van der Waals surface area contributed by atoms with Gasteiger partial charge in [0, 0.05) is 35.2 Å². The summed E-state index contributed by atoms with van der Waals surface area (Å²) in [5.74, 6) is 0.607. The predicted octanol–water partition coefficient (Wildman–Crippen LogP) is 2.81. The number of aliphatic hydroxyl groups is 1. The average Bonchev–Trinajstić information content (AvgIpc) is 2.98. The first-order valence-corrected chi connectivity index (χ1v) is 8.63. The van der Waals surface area contributed by atoms with Crippen molar-refractivity contribution in [3.63, 3.8) is 0 Å². The fourth-order valence-electron chi connectivity index (χ4n) is 3.33. The quantitative estimate of drug-likeness (QED) is 0.752. The summed E-state index contributed by atoms with van der Waals surface area (Å²) in [6.07, 6.45) is 3.99. The largest absolute Gasteiger partial charge is 0.485 e. The first-order chi connectivity index (χ1) is 12.4. The van der Waals surface area contributed by atoms with Crippen LogP contribution in [0, 0.1) is 0 Å². The van der Waals surface area contributed by atoms with Crippen LogP contribution in [0.4, 0.5) is 0 Å². The van der Waals surface area contributed by atoms with Gasteiger partial charge in [-0.25, -0.2) is 4.68 Å². The number of aromatic nitrogens is 3. The van der Waals surface area contributed by atoms with Gasteiger partial charge in [-0.05, 0) is 44.2 Å². The molecular formula is C19H18ClN3O3. The lowest BCUT2D eigenvalue weighted by atomic mass is 9.87. The first-order valence-electron chi connectivity index (χ1n) is 8.25. The molecule has 1 aromatic carbocycles. The van der Waals surface area contributed by atoms with E-state index in [1.807, 2.05) is 12.1 Å². The van der Waals surface area contributed by atoms with Gasteiger partial charge in [0.25, 0.3) is 5.56 Å². The van der Waals surface area contributed by atoms with E-state index in [1.54, 1.807) is 55.3 Å². The van der Waals surface area contributed by atoms with E-state index in [2.05, 4.69) is 4.98 Å². The molecule has 3 aromatic rings. The summed E-state index contributed by atoms with van der Waals surface area (Å²) in [6, 6.07) is 9.73. The van der Waals surface area contributed by atoms with Crippen molar-refractivity contribution in [3.8, 4) is 11.4 Å². The number of rotatable bonds is 2. The second kappa shape index (κ2) is 6.00. The molecule has 0 fully saturated rings. The lowest BCUT2D eigenvalue weighted by Gasteiger charge is -2.42. The molecule has 0 amide bonds. The second-order valence-corrected chi connectivity index (χ2v) is 7.26. The minimum absolute atomic E-state index is 0.225. The van der Waals surface area contributed by atoms with Crippen LogP contribution in [0.3, 0.4) is 0 Å². The Morgan fingerprint density at radius 1 is 1.19 bits per heavy atom. The maximum Gasteiger partial charge on any atom is 0.267 e. The van der Waals surface area contributed by atoms with Crippen LogP contribution in [0.2, 0.25) is 5.02 Å². The van der Waals surface area contributed by atoms with Gasteiger partial charge in [-0.15, -0.1) is 0 Å². The summed E-state index contributed by atoms with van der Waals surface area (Å²) in [5, 5.41) is 11.6. The molecule has 0 saturated heterocycles. The van der Waals surface area contributed by atoms with E-state index in [0.717, 1.165) is 5.69 Å². The fourth-order valence-corrected chi connectivity index (χ4v) is 3.46. The van der Waals surface area contributed by atoms with Crippen LogP contribution in [0.5, 0.6) is 5.75 Å². The highest BCUT2D eigenvalue weighted by atomic mass is 35.5. The van der Waals surface area contributed by atoms with Crippen LogP contribution in [0.15, 0.2) is 59.8 Å². The highest BCUT2D eigenvalue weighted by Crippen LogP contribution is 2.41. The van der Waals surface area contributed by atoms with Crippen LogP contribution >= 0.6 is 11.6 Å². The predicted molar refractivity (Wildman–Crippen MR) is 98.1 cm³/mol. The van der Waals surface area contributed by atoms with Crippen LogP contribution in [0.1, 0.15) is 25.5 Å². The highest BCUT2D eigenvalue weighted by Gasteiger charge is 2.45. The molecule has 1 aliphatic heterocycles. The average molecular weight is 372 g/mol. The molecule has 6 nitrogen and oxygen atoms in total. The molecule has 2 aromatic heterocycles. The summed E-state index contributed by atoms with van der Waals surface area (Å²) in [5.41, 5.74) is 0.332. The molecular weight excluding hydrogens is 354 g/mol.